The minimum Gasteiger partial charge on any atom is -0.494 e. The van der Waals surface area contributed by atoms with Gasteiger partial charge in [0.2, 0.25) is 0 Å². The molecule has 18 heavy (non-hydrogen) atoms. The fraction of sp³-hybridized carbons (Fsp3) is 0.308. The highest BCUT2D eigenvalue weighted by molar-refractivity contribution is 5.30. The average Bonchev–Trinajstić information content (AvgIpc) is 2.77. The smallest absolute Gasteiger partial charge is 0.169 e. The molecule has 2 aromatic rings. The van der Waals surface area contributed by atoms with E-state index in [4.69, 9.17) is 4.74 Å². The van der Waals surface area contributed by atoms with E-state index in [1.807, 2.05) is 17.8 Å². The van der Waals surface area contributed by atoms with Gasteiger partial charge in [0.25, 0.3) is 0 Å². The van der Waals surface area contributed by atoms with E-state index in [1.54, 1.807) is 24.4 Å². The second-order valence-corrected chi connectivity index (χ2v) is 3.99. The van der Waals surface area contributed by atoms with Crippen molar-refractivity contribution in [2.45, 2.75) is 13.1 Å². The van der Waals surface area contributed by atoms with Crippen molar-refractivity contribution in [1.82, 2.24) is 14.9 Å². The van der Waals surface area contributed by atoms with Gasteiger partial charge in [-0.2, -0.15) is 0 Å². The van der Waals surface area contributed by atoms with Crippen molar-refractivity contribution >= 4 is 0 Å². The van der Waals surface area contributed by atoms with Crippen molar-refractivity contribution in [1.29, 1.82) is 0 Å². The molecular formula is C13H16FN3O. The molecule has 0 amide bonds. The summed E-state index contributed by atoms with van der Waals surface area (Å²) in [4.78, 5) is 4.19. The molecule has 1 N–H and O–H groups in total. The third kappa shape index (κ3) is 2.68. The van der Waals surface area contributed by atoms with Gasteiger partial charge in [-0.1, -0.05) is 12.1 Å². The van der Waals surface area contributed by atoms with Gasteiger partial charge < -0.3 is 14.6 Å². The van der Waals surface area contributed by atoms with Crippen LogP contribution in [0.25, 0.3) is 0 Å². The van der Waals surface area contributed by atoms with Gasteiger partial charge in [0, 0.05) is 31.5 Å². The summed E-state index contributed by atoms with van der Waals surface area (Å²) in [5.74, 6) is 0.872. The van der Waals surface area contributed by atoms with Crippen LogP contribution in [0.4, 0.5) is 4.39 Å². The summed E-state index contributed by atoms with van der Waals surface area (Å²) in [6, 6.07) is 5.13. The number of aromatic nitrogens is 2. The van der Waals surface area contributed by atoms with E-state index in [2.05, 4.69) is 10.3 Å². The molecule has 0 aliphatic heterocycles. The van der Waals surface area contributed by atoms with Crippen LogP contribution in [-0.4, -0.2) is 16.7 Å². The zero-order valence-corrected chi connectivity index (χ0v) is 10.5. The topological polar surface area (TPSA) is 39.1 Å². The zero-order chi connectivity index (χ0) is 13.0. The molecule has 96 valence electrons. The maximum atomic E-state index is 13.8. The summed E-state index contributed by atoms with van der Waals surface area (Å²) in [6.45, 7) is 1.04. The third-order valence-corrected chi connectivity index (χ3v) is 2.78. The Morgan fingerprint density at radius 1 is 1.39 bits per heavy atom. The standard InChI is InChI=1S/C13H16FN3O/c1-17-7-6-16-12(17)9-15-8-10-4-3-5-11(18-2)13(10)14/h3-7,15H,8-9H2,1-2H3. The molecule has 0 spiro atoms. The number of nitrogens with one attached hydrogen (secondary N) is 1. The van der Waals surface area contributed by atoms with Gasteiger partial charge >= 0.3 is 0 Å². The van der Waals surface area contributed by atoms with E-state index in [1.165, 1.54) is 7.11 Å². The lowest BCUT2D eigenvalue weighted by Crippen LogP contribution is -2.16. The highest BCUT2D eigenvalue weighted by Crippen LogP contribution is 2.19. The first-order chi connectivity index (χ1) is 8.72. The van der Waals surface area contributed by atoms with Gasteiger partial charge in [-0.25, -0.2) is 9.37 Å². The number of halogens is 1. The van der Waals surface area contributed by atoms with Crippen LogP contribution in [0.2, 0.25) is 0 Å². The number of imidazole rings is 1. The largest absolute Gasteiger partial charge is 0.494 e. The Balaban J connectivity index is 1.96. The number of ether oxygens (including phenoxy) is 1. The molecule has 0 aliphatic carbocycles. The number of hydrogen-bond acceptors (Lipinski definition) is 3. The van der Waals surface area contributed by atoms with Crippen LogP contribution in [0.5, 0.6) is 5.75 Å². The summed E-state index contributed by atoms with van der Waals surface area (Å²) in [7, 11) is 3.39. The van der Waals surface area contributed by atoms with E-state index in [-0.39, 0.29) is 11.6 Å². The summed E-state index contributed by atoms with van der Waals surface area (Å²) in [5, 5.41) is 3.16. The van der Waals surface area contributed by atoms with Gasteiger partial charge in [-0.05, 0) is 6.07 Å². The van der Waals surface area contributed by atoms with E-state index in [0.717, 1.165) is 5.82 Å². The van der Waals surface area contributed by atoms with Crippen LogP contribution in [0, 0.1) is 5.82 Å². The van der Waals surface area contributed by atoms with Gasteiger partial charge in [0.05, 0.1) is 13.7 Å². The number of rotatable bonds is 5. The molecule has 0 saturated carbocycles. The third-order valence-electron chi connectivity index (χ3n) is 2.78. The number of nitrogens with zero attached hydrogens (tertiary/aromatic N) is 2. The van der Waals surface area contributed by atoms with Crippen molar-refractivity contribution in [3.8, 4) is 5.75 Å². The van der Waals surface area contributed by atoms with Crippen molar-refractivity contribution in [3.05, 3.63) is 47.8 Å². The maximum absolute atomic E-state index is 13.8. The van der Waals surface area contributed by atoms with Crippen molar-refractivity contribution in [2.75, 3.05) is 7.11 Å². The quantitative estimate of drug-likeness (QED) is 0.879. The van der Waals surface area contributed by atoms with Crippen LogP contribution < -0.4 is 10.1 Å². The van der Waals surface area contributed by atoms with Crippen LogP contribution in [0.3, 0.4) is 0 Å². The SMILES string of the molecule is COc1cccc(CNCc2nccn2C)c1F. The highest BCUT2D eigenvalue weighted by Gasteiger charge is 2.08. The normalized spacial score (nSPS) is 10.6. The van der Waals surface area contributed by atoms with E-state index < -0.39 is 0 Å². The van der Waals surface area contributed by atoms with Crippen molar-refractivity contribution in [3.63, 3.8) is 0 Å². The molecule has 2 rings (SSSR count). The van der Waals surface area contributed by atoms with Crippen LogP contribution in [0.15, 0.2) is 30.6 Å². The fourth-order valence-corrected chi connectivity index (χ4v) is 1.73. The summed E-state index contributed by atoms with van der Waals surface area (Å²) in [6.07, 6.45) is 3.62. The van der Waals surface area contributed by atoms with Gasteiger partial charge in [-0.3, -0.25) is 0 Å². The van der Waals surface area contributed by atoms with Crippen LogP contribution in [0.1, 0.15) is 11.4 Å². The number of hydrogen-bond donors (Lipinski definition) is 1. The number of methoxy groups -OCH3 is 1. The predicted octanol–water partition coefficient (Wildman–Crippen LogP) is 1.86. The number of aryl methyl sites for hydroxylation is 1. The minimum absolute atomic E-state index is 0.270. The molecule has 0 atom stereocenters. The van der Waals surface area contributed by atoms with Gasteiger partial charge in [0.1, 0.15) is 5.82 Å². The zero-order valence-electron chi connectivity index (χ0n) is 10.5. The first-order valence-electron chi connectivity index (χ1n) is 5.70. The Bertz CT molecular complexity index is 525. The first kappa shape index (κ1) is 12.6. The molecular weight excluding hydrogens is 233 g/mol. The molecule has 1 aromatic carbocycles. The van der Waals surface area contributed by atoms with E-state index >= 15 is 0 Å². The second-order valence-electron chi connectivity index (χ2n) is 3.99. The monoisotopic (exact) mass is 249 g/mol. The predicted molar refractivity (Wildman–Crippen MR) is 66.7 cm³/mol. The molecule has 0 bridgehead atoms. The summed E-state index contributed by atoms with van der Waals surface area (Å²) >= 11 is 0. The van der Waals surface area contributed by atoms with E-state index in [0.29, 0.717) is 18.7 Å². The number of benzene rings is 1. The van der Waals surface area contributed by atoms with Gasteiger partial charge in [-0.15, -0.1) is 0 Å². The molecule has 4 nitrogen and oxygen atoms in total. The summed E-state index contributed by atoms with van der Waals surface area (Å²) < 4.78 is 20.7. The Kier molecular flexibility index (Phi) is 3.94. The maximum Gasteiger partial charge on any atom is 0.169 e. The molecule has 1 aromatic heterocycles. The van der Waals surface area contributed by atoms with Crippen molar-refractivity contribution in [2.24, 2.45) is 7.05 Å². The molecule has 0 radical (unpaired) electrons. The molecule has 5 heteroatoms. The first-order valence-corrected chi connectivity index (χ1v) is 5.70. The van der Waals surface area contributed by atoms with Crippen LogP contribution in [-0.2, 0) is 20.1 Å². The lowest BCUT2D eigenvalue weighted by Gasteiger charge is -2.08. The Morgan fingerprint density at radius 2 is 2.22 bits per heavy atom. The van der Waals surface area contributed by atoms with Crippen LogP contribution >= 0.6 is 0 Å². The minimum atomic E-state index is -0.313. The highest BCUT2D eigenvalue weighted by atomic mass is 19.1. The fourth-order valence-electron chi connectivity index (χ4n) is 1.73. The van der Waals surface area contributed by atoms with Gasteiger partial charge in [0.15, 0.2) is 11.6 Å². The molecule has 0 saturated heterocycles. The average molecular weight is 249 g/mol. The van der Waals surface area contributed by atoms with E-state index in [9.17, 15) is 4.39 Å². The molecule has 0 unspecified atom stereocenters. The Morgan fingerprint density at radius 3 is 2.89 bits per heavy atom. The Hall–Kier alpha value is -1.88. The summed E-state index contributed by atoms with van der Waals surface area (Å²) in [5.41, 5.74) is 0.587. The Labute approximate surface area is 105 Å². The second kappa shape index (κ2) is 5.64. The molecule has 1 heterocycles. The van der Waals surface area contributed by atoms with Crippen molar-refractivity contribution < 1.29 is 9.13 Å². The lowest BCUT2D eigenvalue weighted by molar-refractivity contribution is 0.383. The molecule has 0 fully saturated rings. The lowest BCUT2D eigenvalue weighted by atomic mass is 10.2. The molecule has 0 aliphatic rings.